The molecule has 0 aliphatic carbocycles. The molecule has 156 valence electrons. The van der Waals surface area contributed by atoms with Gasteiger partial charge in [0.05, 0.1) is 23.5 Å². The first-order valence-corrected chi connectivity index (χ1v) is 11.2. The van der Waals surface area contributed by atoms with Crippen molar-refractivity contribution in [3.63, 3.8) is 0 Å². The van der Waals surface area contributed by atoms with Crippen LogP contribution >= 0.6 is 23.6 Å². The van der Waals surface area contributed by atoms with Gasteiger partial charge in [-0.1, -0.05) is 18.2 Å². The Hall–Kier alpha value is -3.10. The van der Waals surface area contributed by atoms with Crippen LogP contribution in [0.4, 0.5) is 10.1 Å². The third-order valence-corrected chi connectivity index (χ3v) is 6.68. The molecule has 0 unspecified atom stereocenters. The first-order chi connectivity index (χ1) is 15.1. The van der Waals surface area contributed by atoms with Gasteiger partial charge in [0.25, 0.3) is 0 Å². The average molecular weight is 450 g/mol. The third kappa shape index (κ3) is 3.32. The molecule has 1 saturated heterocycles. The topological polar surface area (TPSA) is 46.0 Å². The molecular formula is C23H20FN5S2. The first-order valence-electron chi connectivity index (χ1n) is 9.90. The van der Waals surface area contributed by atoms with E-state index in [9.17, 15) is 4.39 Å². The van der Waals surface area contributed by atoms with Gasteiger partial charge >= 0.3 is 0 Å². The van der Waals surface area contributed by atoms with Crippen molar-refractivity contribution in [2.75, 3.05) is 4.90 Å². The summed E-state index contributed by atoms with van der Waals surface area (Å²) in [6.45, 7) is 4.13. The Kier molecular flexibility index (Phi) is 5.03. The zero-order valence-corrected chi connectivity index (χ0v) is 18.6. The van der Waals surface area contributed by atoms with E-state index in [-0.39, 0.29) is 17.9 Å². The van der Waals surface area contributed by atoms with E-state index in [2.05, 4.69) is 39.8 Å². The highest BCUT2D eigenvalue weighted by Gasteiger charge is 2.43. The third-order valence-electron chi connectivity index (χ3n) is 5.61. The molecule has 1 aliphatic heterocycles. The zero-order valence-electron chi connectivity index (χ0n) is 17.0. The van der Waals surface area contributed by atoms with Crippen molar-refractivity contribution in [2.45, 2.75) is 25.9 Å². The lowest BCUT2D eigenvalue weighted by Gasteiger charge is -2.28. The van der Waals surface area contributed by atoms with Crippen LogP contribution in [0.2, 0.25) is 0 Å². The number of halogens is 1. The number of rotatable bonds is 4. The molecule has 1 aliphatic rings. The van der Waals surface area contributed by atoms with E-state index in [0.717, 1.165) is 27.8 Å². The highest BCUT2D eigenvalue weighted by Crippen LogP contribution is 2.44. The largest absolute Gasteiger partial charge is 0.351 e. The number of thiocarbonyl (C=S) groups is 1. The molecule has 31 heavy (non-hydrogen) atoms. The predicted molar refractivity (Wildman–Crippen MR) is 125 cm³/mol. The lowest BCUT2D eigenvalue weighted by atomic mass is 9.96. The van der Waals surface area contributed by atoms with Gasteiger partial charge in [0, 0.05) is 29.2 Å². The SMILES string of the molecule is Cc1cc([C@@H]2[C@H](c3ccccn3)NC(=S)N2c2ccccc2F)c(C)n1-c1nccs1. The molecule has 3 aromatic heterocycles. The Morgan fingerprint density at radius 3 is 2.58 bits per heavy atom. The van der Waals surface area contributed by atoms with E-state index in [1.165, 1.54) is 6.07 Å². The summed E-state index contributed by atoms with van der Waals surface area (Å²) < 4.78 is 17.0. The molecule has 0 radical (unpaired) electrons. The minimum absolute atomic E-state index is 0.224. The lowest BCUT2D eigenvalue weighted by Crippen LogP contribution is -2.30. The van der Waals surface area contributed by atoms with Crippen molar-refractivity contribution in [3.8, 4) is 5.13 Å². The number of aromatic nitrogens is 3. The summed E-state index contributed by atoms with van der Waals surface area (Å²) in [6.07, 6.45) is 3.56. The van der Waals surface area contributed by atoms with Crippen LogP contribution in [-0.2, 0) is 0 Å². The van der Waals surface area contributed by atoms with E-state index in [1.54, 1.807) is 35.9 Å². The van der Waals surface area contributed by atoms with Gasteiger partial charge in [-0.3, -0.25) is 9.55 Å². The monoisotopic (exact) mass is 449 g/mol. The average Bonchev–Trinajstić information content (AvgIpc) is 3.47. The van der Waals surface area contributed by atoms with E-state index in [4.69, 9.17) is 12.2 Å². The van der Waals surface area contributed by atoms with Crippen molar-refractivity contribution in [2.24, 2.45) is 0 Å². The van der Waals surface area contributed by atoms with Gasteiger partial charge in [-0.2, -0.15) is 0 Å². The standard InChI is InChI=1S/C23H20FN5S2/c1-14-13-16(15(2)28(14)23-26-11-12-31-23)21-20(18-8-5-6-10-25-18)27-22(30)29(21)19-9-4-3-7-17(19)24/h3-13,20-21H,1-2H3,(H,27,30)/t20-,21+/m0/s1. The molecule has 5 nitrogen and oxygen atoms in total. The summed E-state index contributed by atoms with van der Waals surface area (Å²) in [5, 5.41) is 6.73. The van der Waals surface area contributed by atoms with Crippen molar-refractivity contribution in [1.82, 2.24) is 19.9 Å². The van der Waals surface area contributed by atoms with Crippen LogP contribution in [0.1, 0.15) is 34.7 Å². The fraction of sp³-hybridized carbons (Fsp3) is 0.174. The zero-order chi connectivity index (χ0) is 21.5. The maximum absolute atomic E-state index is 14.9. The van der Waals surface area contributed by atoms with E-state index in [0.29, 0.717) is 10.8 Å². The Bertz CT molecular complexity index is 1240. The minimum atomic E-state index is -0.313. The van der Waals surface area contributed by atoms with Crippen molar-refractivity contribution >= 4 is 34.4 Å². The number of anilines is 1. The molecule has 4 aromatic rings. The number of aryl methyl sites for hydroxylation is 1. The molecule has 0 saturated carbocycles. The van der Waals surface area contributed by atoms with Gasteiger partial charge in [0.1, 0.15) is 5.82 Å². The molecular weight excluding hydrogens is 429 g/mol. The molecule has 1 N–H and O–H groups in total. The van der Waals surface area contributed by atoms with Crippen LogP contribution < -0.4 is 10.2 Å². The van der Waals surface area contributed by atoms with Crippen LogP contribution in [0, 0.1) is 19.7 Å². The fourth-order valence-corrected chi connectivity index (χ4v) is 5.38. The van der Waals surface area contributed by atoms with Crippen LogP contribution in [-0.4, -0.2) is 19.6 Å². The second-order valence-corrected chi connectivity index (χ2v) is 8.68. The van der Waals surface area contributed by atoms with Crippen LogP contribution in [0.25, 0.3) is 5.13 Å². The minimum Gasteiger partial charge on any atom is -0.351 e. The van der Waals surface area contributed by atoms with Gasteiger partial charge in [-0.15, -0.1) is 11.3 Å². The molecule has 0 bridgehead atoms. The highest BCUT2D eigenvalue weighted by molar-refractivity contribution is 7.80. The van der Waals surface area contributed by atoms with Crippen molar-refractivity contribution < 1.29 is 4.39 Å². The van der Waals surface area contributed by atoms with Gasteiger partial charge in [-0.05, 0) is 62.0 Å². The van der Waals surface area contributed by atoms with Crippen molar-refractivity contribution in [1.29, 1.82) is 0 Å². The molecule has 4 heterocycles. The number of thiazole rings is 1. The molecule has 1 fully saturated rings. The smallest absolute Gasteiger partial charge is 0.193 e. The van der Waals surface area contributed by atoms with Gasteiger partial charge in [0.2, 0.25) is 0 Å². The highest BCUT2D eigenvalue weighted by atomic mass is 32.1. The second-order valence-electron chi connectivity index (χ2n) is 7.42. The molecule has 8 heteroatoms. The molecule has 0 amide bonds. The molecule has 2 atom stereocenters. The number of benzene rings is 1. The Morgan fingerprint density at radius 1 is 1.06 bits per heavy atom. The quantitative estimate of drug-likeness (QED) is 0.431. The molecule has 1 aromatic carbocycles. The summed E-state index contributed by atoms with van der Waals surface area (Å²) >= 11 is 7.28. The van der Waals surface area contributed by atoms with E-state index >= 15 is 0 Å². The summed E-state index contributed by atoms with van der Waals surface area (Å²) in [6, 6.07) is 14.2. The summed E-state index contributed by atoms with van der Waals surface area (Å²) in [5.41, 5.74) is 4.47. The van der Waals surface area contributed by atoms with Crippen LogP contribution in [0.15, 0.2) is 66.3 Å². The Balaban J connectivity index is 1.70. The van der Waals surface area contributed by atoms with Gasteiger partial charge < -0.3 is 10.2 Å². The van der Waals surface area contributed by atoms with E-state index in [1.807, 2.05) is 34.5 Å². The number of hydrogen-bond acceptors (Lipinski definition) is 4. The van der Waals surface area contributed by atoms with Crippen LogP contribution in [0.5, 0.6) is 0 Å². The summed E-state index contributed by atoms with van der Waals surface area (Å²) in [7, 11) is 0. The number of pyridine rings is 1. The molecule has 0 spiro atoms. The number of para-hydroxylation sites is 1. The maximum atomic E-state index is 14.9. The maximum Gasteiger partial charge on any atom is 0.193 e. The number of nitrogens with one attached hydrogen (secondary N) is 1. The van der Waals surface area contributed by atoms with Crippen molar-refractivity contribution in [3.05, 3.63) is 94.8 Å². The lowest BCUT2D eigenvalue weighted by molar-refractivity contribution is 0.556. The fourth-order valence-electron chi connectivity index (χ4n) is 4.29. The molecule has 5 rings (SSSR count). The number of nitrogens with zero attached hydrogens (tertiary/aromatic N) is 4. The summed E-state index contributed by atoms with van der Waals surface area (Å²) in [4.78, 5) is 10.9. The Labute approximate surface area is 189 Å². The van der Waals surface area contributed by atoms with Gasteiger partial charge in [0.15, 0.2) is 10.2 Å². The Morgan fingerprint density at radius 2 is 1.87 bits per heavy atom. The summed E-state index contributed by atoms with van der Waals surface area (Å²) in [5.74, 6) is -0.313. The van der Waals surface area contributed by atoms with Gasteiger partial charge in [-0.25, -0.2) is 9.37 Å². The normalized spacial score (nSPS) is 18.4. The number of hydrogen-bond donors (Lipinski definition) is 1. The first kappa shape index (κ1) is 19.8. The van der Waals surface area contributed by atoms with E-state index < -0.39 is 0 Å². The predicted octanol–water partition coefficient (Wildman–Crippen LogP) is 5.26. The van der Waals surface area contributed by atoms with Crippen LogP contribution in [0.3, 0.4) is 0 Å². The second kappa shape index (κ2) is 7.86.